The van der Waals surface area contributed by atoms with E-state index in [0.717, 1.165) is 16.0 Å². The van der Waals surface area contributed by atoms with E-state index in [2.05, 4.69) is 48.2 Å². The molecule has 0 fully saturated rings. The molecule has 0 aliphatic rings. The number of hydrogen-bond donors (Lipinski definition) is 0. The largest absolute Gasteiger partial charge is 0.367 e. The van der Waals surface area contributed by atoms with E-state index in [1.807, 2.05) is 19.5 Å². The second kappa shape index (κ2) is 6.80. The van der Waals surface area contributed by atoms with Gasteiger partial charge in [0.1, 0.15) is 17.0 Å². The molecule has 2 aromatic heterocycles. The molecule has 0 spiro atoms. The number of fused-ring (bicyclic) bond motifs is 1. The Morgan fingerprint density at radius 3 is 2.52 bits per heavy atom. The summed E-state index contributed by atoms with van der Waals surface area (Å²) >= 11 is 1.49. The lowest BCUT2D eigenvalue weighted by Gasteiger charge is -2.08. The number of hydrogen-bond acceptors (Lipinski definition) is 4. The summed E-state index contributed by atoms with van der Waals surface area (Å²) in [4.78, 5) is 20.1. The SMILES string of the molecule is Cc1nc2scc(-c3ccc(C(C)C)cc3)c2c(=O)n1N=CN(C)C. The number of rotatable bonds is 4. The zero-order chi connectivity index (χ0) is 18.1. The van der Waals surface area contributed by atoms with Gasteiger partial charge in [-0.05, 0) is 24.0 Å². The highest BCUT2D eigenvalue weighted by Gasteiger charge is 2.15. The quantitative estimate of drug-likeness (QED) is 0.527. The van der Waals surface area contributed by atoms with E-state index in [1.54, 1.807) is 18.2 Å². The Hall–Kier alpha value is -2.47. The molecular formula is C19H22N4OS. The maximum absolute atomic E-state index is 13.0. The van der Waals surface area contributed by atoms with Crippen molar-refractivity contribution in [3.8, 4) is 11.1 Å². The van der Waals surface area contributed by atoms with Gasteiger partial charge >= 0.3 is 0 Å². The second-order valence-electron chi connectivity index (χ2n) is 6.58. The number of nitrogens with zero attached hydrogens (tertiary/aromatic N) is 4. The summed E-state index contributed by atoms with van der Waals surface area (Å²) in [5.74, 6) is 1.06. The Bertz CT molecular complexity index is 981. The van der Waals surface area contributed by atoms with E-state index in [1.165, 1.54) is 21.6 Å². The van der Waals surface area contributed by atoms with Gasteiger partial charge in [0, 0.05) is 25.0 Å². The fraction of sp³-hybridized carbons (Fsp3) is 0.316. The van der Waals surface area contributed by atoms with Gasteiger partial charge in [0.15, 0.2) is 0 Å². The van der Waals surface area contributed by atoms with E-state index in [4.69, 9.17) is 0 Å². The van der Waals surface area contributed by atoms with Crippen LogP contribution in [0.4, 0.5) is 0 Å². The van der Waals surface area contributed by atoms with Crippen molar-refractivity contribution >= 4 is 27.9 Å². The normalized spacial score (nSPS) is 11.8. The molecular weight excluding hydrogens is 332 g/mol. The first-order valence-electron chi connectivity index (χ1n) is 8.20. The van der Waals surface area contributed by atoms with Gasteiger partial charge < -0.3 is 4.90 Å². The third-order valence-electron chi connectivity index (χ3n) is 4.03. The second-order valence-corrected chi connectivity index (χ2v) is 7.43. The third kappa shape index (κ3) is 3.35. The maximum atomic E-state index is 13.0. The van der Waals surface area contributed by atoms with Crippen LogP contribution in [0.1, 0.15) is 31.2 Å². The van der Waals surface area contributed by atoms with Crippen LogP contribution in [0.15, 0.2) is 39.5 Å². The van der Waals surface area contributed by atoms with Gasteiger partial charge in [-0.1, -0.05) is 38.1 Å². The minimum Gasteiger partial charge on any atom is -0.367 e. The van der Waals surface area contributed by atoms with Gasteiger partial charge in [0.25, 0.3) is 5.56 Å². The Morgan fingerprint density at radius 2 is 1.92 bits per heavy atom. The van der Waals surface area contributed by atoms with Crippen molar-refractivity contribution in [2.75, 3.05) is 14.1 Å². The molecule has 6 heteroatoms. The van der Waals surface area contributed by atoms with Crippen molar-refractivity contribution in [2.24, 2.45) is 5.10 Å². The van der Waals surface area contributed by atoms with Crippen LogP contribution in [-0.4, -0.2) is 35.0 Å². The van der Waals surface area contributed by atoms with Crippen molar-refractivity contribution in [3.63, 3.8) is 0 Å². The molecule has 5 nitrogen and oxygen atoms in total. The summed E-state index contributed by atoms with van der Waals surface area (Å²) in [7, 11) is 3.73. The van der Waals surface area contributed by atoms with Gasteiger partial charge in [-0.2, -0.15) is 9.78 Å². The summed E-state index contributed by atoms with van der Waals surface area (Å²) in [6.45, 7) is 6.14. The van der Waals surface area contributed by atoms with Crippen LogP contribution in [0.5, 0.6) is 0 Å². The van der Waals surface area contributed by atoms with Gasteiger partial charge in [0.2, 0.25) is 0 Å². The molecule has 3 aromatic rings. The number of thiophene rings is 1. The summed E-state index contributed by atoms with van der Waals surface area (Å²) in [5.41, 5.74) is 3.10. The zero-order valence-corrected chi connectivity index (χ0v) is 16.0. The lowest BCUT2D eigenvalue weighted by atomic mass is 9.99. The van der Waals surface area contributed by atoms with Crippen LogP contribution in [-0.2, 0) is 0 Å². The van der Waals surface area contributed by atoms with Crippen molar-refractivity contribution in [1.29, 1.82) is 0 Å². The predicted octanol–water partition coefficient (Wildman–Crippen LogP) is 3.91. The van der Waals surface area contributed by atoms with Gasteiger partial charge in [-0.15, -0.1) is 11.3 Å². The Morgan fingerprint density at radius 1 is 1.24 bits per heavy atom. The highest BCUT2D eigenvalue weighted by atomic mass is 32.1. The molecule has 0 radical (unpaired) electrons. The van der Waals surface area contributed by atoms with E-state index >= 15 is 0 Å². The van der Waals surface area contributed by atoms with E-state index in [9.17, 15) is 4.79 Å². The topological polar surface area (TPSA) is 50.5 Å². The summed E-state index contributed by atoms with van der Waals surface area (Å²) in [6, 6.07) is 8.38. The van der Waals surface area contributed by atoms with Gasteiger partial charge in [0.05, 0.1) is 5.39 Å². The predicted molar refractivity (Wildman–Crippen MR) is 106 cm³/mol. The number of aryl methyl sites for hydroxylation is 1. The first-order valence-corrected chi connectivity index (χ1v) is 9.08. The fourth-order valence-corrected chi connectivity index (χ4v) is 3.62. The summed E-state index contributed by atoms with van der Waals surface area (Å²) in [5, 5.41) is 6.89. The average Bonchev–Trinajstić information content (AvgIpc) is 2.98. The van der Waals surface area contributed by atoms with Crippen LogP contribution in [0.3, 0.4) is 0 Å². The third-order valence-corrected chi connectivity index (χ3v) is 4.91. The molecule has 130 valence electrons. The van der Waals surface area contributed by atoms with E-state index in [-0.39, 0.29) is 5.56 Å². The lowest BCUT2D eigenvalue weighted by molar-refractivity contribution is 0.626. The molecule has 2 heterocycles. The summed E-state index contributed by atoms with van der Waals surface area (Å²) in [6.07, 6.45) is 1.60. The standard InChI is InChI=1S/C19H22N4OS/c1-12(2)14-6-8-15(9-7-14)16-10-25-18-17(16)19(24)23(13(3)21-18)20-11-22(4)5/h6-12H,1-5H3. The Kier molecular flexibility index (Phi) is 4.72. The molecule has 0 saturated carbocycles. The fourth-order valence-electron chi connectivity index (χ4n) is 2.63. The highest BCUT2D eigenvalue weighted by molar-refractivity contribution is 7.17. The van der Waals surface area contributed by atoms with E-state index in [0.29, 0.717) is 17.1 Å². The number of benzene rings is 1. The highest BCUT2D eigenvalue weighted by Crippen LogP contribution is 2.31. The average molecular weight is 354 g/mol. The van der Waals surface area contributed by atoms with Crippen molar-refractivity contribution in [2.45, 2.75) is 26.7 Å². The molecule has 0 atom stereocenters. The van der Waals surface area contributed by atoms with Crippen LogP contribution in [0, 0.1) is 6.92 Å². The van der Waals surface area contributed by atoms with Crippen molar-refractivity contribution in [3.05, 3.63) is 51.4 Å². The van der Waals surface area contributed by atoms with Crippen molar-refractivity contribution < 1.29 is 0 Å². The van der Waals surface area contributed by atoms with E-state index < -0.39 is 0 Å². The molecule has 0 amide bonds. The molecule has 0 bridgehead atoms. The van der Waals surface area contributed by atoms with Crippen LogP contribution in [0.25, 0.3) is 21.3 Å². The van der Waals surface area contributed by atoms with Crippen LogP contribution in [0.2, 0.25) is 0 Å². The number of aromatic nitrogens is 2. The van der Waals surface area contributed by atoms with Gasteiger partial charge in [-0.25, -0.2) is 4.98 Å². The van der Waals surface area contributed by atoms with Crippen molar-refractivity contribution in [1.82, 2.24) is 14.6 Å². The van der Waals surface area contributed by atoms with Gasteiger partial charge in [-0.3, -0.25) is 4.79 Å². The molecule has 0 unspecified atom stereocenters. The molecule has 25 heavy (non-hydrogen) atoms. The summed E-state index contributed by atoms with van der Waals surface area (Å²) < 4.78 is 1.36. The van der Waals surface area contributed by atoms with Crippen LogP contribution < -0.4 is 5.56 Å². The first-order chi connectivity index (χ1) is 11.9. The first kappa shape index (κ1) is 17.4. The minimum absolute atomic E-state index is 0.134. The lowest BCUT2D eigenvalue weighted by Crippen LogP contribution is -2.22. The smallest absolute Gasteiger partial charge is 0.283 e. The zero-order valence-electron chi connectivity index (χ0n) is 15.1. The maximum Gasteiger partial charge on any atom is 0.283 e. The molecule has 3 rings (SSSR count). The molecule has 0 aliphatic carbocycles. The molecule has 1 aromatic carbocycles. The molecule has 0 aliphatic heterocycles. The monoisotopic (exact) mass is 354 g/mol. The van der Waals surface area contributed by atoms with Crippen LogP contribution >= 0.6 is 11.3 Å². The Labute approximate surface area is 151 Å². The minimum atomic E-state index is -0.134. The molecule has 0 N–H and O–H groups in total. The molecule has 0 saturated heterocycles. The Balaban J connectivity index is 2.17.